The molecule has 8 nitrogen and oxygen atoms in total. The molecule has 0 spiro atoms. The third-order valence-electron chi connectivity index (χ3n) is 4.94. The summed E-state index contributed by atoms with van der Waals surface area (Å²) in [7, 11) is 0. The third kappa shape index (κ3) is 2.61. The summed E-state index contributed by atoms with van der Waals surface area (Å²) in [5, 5.41) is 15.0. The van der Waals surface area contributed by atoms with Crippen molar-refractivity contribution in [2.45, 2.75) is 27.3 Å². The van der Waals surface area contributed by atoms with E-state index in [4.69, 9.17) is 10.3 Å². The van der Waals surface area contributed by atoms with Crippen molar-refractivity contribution in [1.29, 1.82) is 0 Å². The van der Waals surface area contributed by atoms with Crippen molar-refractivity contribution in [1.82, 2.24) is 19.7 Å². The second kappa shape index (κ2) is 6.49. The van der Waals surface area contributed by atoms with Crippen molar-refractivity contribution in [3.05, 3.63) is 47.6 Å². The molecule has 3 aromatic heterocycles. The average molecular weight is 377 g/mol. The van der Waals surface area contributed by atoms with Crippen LogP contribution in [0.3, 0.4) is 0 Å². The molecule has 1 amide bonds. The molecule has 0 aliphatic carbocycles. The Balaban J connectivity index is 2.20. The number of aryl methyl sites for hydroxylation is 2. The van der Waals surface area contributed by atoms with Crippen LogP contribution < -0.4 is 5.73 Å². The number of phenolic OH excluding ortho intramolecular Hbond substituents is 1. The molecule has 0 aliphatic heterocycles. The lowest BCUT2D eigenvalue weighted by atomic mass is 9.92. The lowest BCUT2D eigenvalue weighted by molar-refractivity contribution is 0.0996. The van der Waals surface area contributed by atoms with Gasteiger partial charge in [-0.05, 0) is 55.2 Å². The number of phenols is 1. The minimum Gasteiger partial charge on any atom is -0.508 e. The summed E-state index contributed by atoms with van der Waals surface area (Å²) in [6.45, 7) is 6.38. The van der Waals surface area contributed by atoms with Crippen LogP contribution in [0.1, 0.15) is 28.5 Å². The Morgan fingerprint density at radius 2 is 2.07 bits per heavy atom. The number of carbonyl (C=O) groups excluding carboxylic acids is 1. The minimum absolute atomic E-state index is 0.150. The van der Waals surface area contributed by atoms with Crippen molar-refractivity contribution >= 4 is 16.9 Å². The van der Waals surface area contributed by atoms with Gasteiger partial charge >= 0.3 is 0 Å². The number of rotatable bonds is 4. The van der Waals surface area contributed by atoms with E-state index in [1.165, 1.54) is 6.39 Å². The molecule has 3 heterocycles. The Labute approximate surface area is 160 Å². The van der Waals surface area contributed by atoms with Crippen LogP contribution in [0, 0.1) is 13.8 Å². The third-order valence-corrected chi connectivity index (χ3v) is 4.94. The molecule has 4 aromatic rings. The van der Waals surface area contributed by atoms with Crippen LogP contribution in [0.4, 0.5) is 0 Å². The SMILES string of the molecule is CCn1cc(-c2ncon2)c2c(-c3c(C)ccc(O)c3C)cc(C(N)=O)nc21. The fourth-order valence-corrected chi connectivity index (χ4v) is 3.56. The van der Waals surface area contributed by atoms with Crippen LogP contribution in [0.5, 0.6) is 5.75 Å². The number of pyridine rings is 1. The molecule has 0 saturated heterocycles. The number of amides is 1. The van der Waals surface area contributed by atoms with Crippen LogP contribution in [-0.4, -0.2) is 30.7 Å². The number of aromatic hydroxyl groups is 1. The number of nitrogens with two attached hydrogens (primary N) is 1. The van der Waals surface area contributed by atoms with E-state index in [1.807, 2.05) is 37.6 Å². The molecule has 0 radical (unpaired) electrons. The average Bonchev–Trinajstić information content (AvgIpc) is 3.32. The van der Waals surface area contributed by atoms with Gasteiger partial charge in [0.05, 0.1) is 5.56 Å². The van der Waals surface area contributed by atoms with E-state index >= 15 is 0 Å². The van der Waals surface area contributed by atoms with Gasteiger partial charge in [0.2, 0.25) is 12.2 Å². The zero-order valence-corrected chi connectivity index (χ0v) is 15.7. The highest BCUT2D eigenvalue weighted by Gasteiger charge is 2.23. The van der Waals surface area contributed by atoms with E-state index in [-0.39, 0.29) is 11.4 Å². The van der Waals surface area contributed by atoms with Gasteiger partial charge < -0.3 is 19.9 Å². The second-order valence-electron chi connectivity index (χ2n) is 6.60. The fraction of sp³-hybridized carbons (Fsp3) is 0.200. The first kappa shape index (κ1) is 17.7. The molecule has 28 heavy (non-hydrogen) atoms. The smallest absolute Gasteiger partial charge is 0.267 e. The van der Waals surface area contributed by atoms with Crippen LogP contribution >= 0.6 is 0 Å². The topological polar surface area (TPSA) is 120 Å². The summed E-state index contributed by atoms with van der Waals surface area (Å²) >= 11 is 0. The Kier molecular flexibility index (Phi) is 4.11. The van der Waals surface area contributed by atoms with Gasteiger partial charge in [-0.2, -0.15) is 4.98 Å². The molecule has 0 atom stereocenters. The molecule has 0 saturated carbocycles. The minimum atomic E-state index is -0.622. The number of benzene rings is 1. The monoisotopic (exact) mass is 377 g/mol. The largest absolute Gasteiger partial charge is 0.508 e. The van der Waals surface area contributed by atoms with Gasteiger partial charge in [0.15, 0.2) is 0 Å². The highest BCUT2D eigenvalue weighted by atomic mass is 16.5. The van der Waals surface area contributed by atoms with Crippen molar-refractivity contribution in [3.8, 4) is 28.3 Å². The maximum Gasteiger partial charge on any atom is 0.267 e. The molecule has 0 fully saturated rings. The molecule has 8 heteroatoms. The van der Waals surface area contributed by atoms with Gasteiger partial charge in [-0.15, -0.1) is 0 Å². The predicted octanol–water partition coefficient (Wildman–Crippen LogP) is 3.19. The standard InChI is InChI=1S/C20H19N5O3/c1-4-25-8-13(19-22-9-28-24-19)17-12(7-14(18(21)27)23-20(17)25)16-10(2)5-6-15(26)11(16)3/h5-9,26H,4H2,1-3H3,(H2,21,27). The number of nitrogens with zero attached hydrogens (tertiary/aromatic N) is 4. The lowest BCUT2D eigenvalue weighted by Gasteiger charge is -2.14. The highest BCUT2D eigenvalue weighted by Crippen LogP contribution is 2.41. The van der Waals surface area contributed by atoms with Gasteiger partial charge in [-0.25, -0.2) is 4.98 Å². The molecule has 0 bridgehead atoms. The van der Waals surface area contributed by atoms with E-state index in [2.05, 4.69) is 15.1 Å². The summed E-state index contributed by atoms with van der Waals surface area (Å²) in [6.07, 6.45) is 3.14. The Hall–Kier alpha value is -3.68. The van der Waals surface area contributed by atoms with Crippen LogP contribution in [0.15, 0.2) is 35.3 Å². The summed E-state index contributed by atoms with van der Waals surface area (Å²) in [4.78, 5) is 20.6. The maximum atomic E-state index is 12.0. The molecule has 3 N–H and O–H groups in total. The molecular weight excluding hydrogens is 358 g/mol. The van der Waals surface area contributed by atoms with Crippen LogP contribution in [-0.2, 0) is 6.54 Å². The van der Waals surface area contributed by atoms with Gasteiger partial charge in [-0.1, -0.05) is 11.2 Å². The first-order chi connectivity index (χ1) is 13.4. The van der Waals surface area contributed by atoms with Crippen molar-refractivity contribution in [2.24, 2.45) is 5.73 Å². The number of fused-ring (bicyclic) bond motifs is 1. The predicted molar refractivity (Wildman–Crippen MR) is 104 cm³/mol. The summed E-state index contributed by atoms with van der Waals surface area (Å²) in [5.41, 5.74) is 10.2. The molecule has 4 rings (SSSR count). The number of hydrogen-bond acceptors (Lipinski definition) is 6. The Bertz CT molecular complexity index is 1210. The Morgan fingerprint density at radius 3 is 2.71 bits per heavy atom. The summed E-state index contributed by atoms with van der Waals surface area (Å²) in [6, 6.07) is 5.14. The van der Waals surface area contributed by atoms with E-state index in [9.17, 15) is 9.90 Å². The fourth-order valence-electron chi connectivity index (χ4n) is 3.56. The first-order valence-corrected chi connectivity index (χ1v) is 8.82. The number of hydrogen-bond donors (Lipinski definition) is 2. The van der Waals surface area contributed by atoms with E-state index in [0.29, 0.717) is 23.6 Å². The van der Waals surface area contributed by atoms with Crippen molar-refractivity contribution in [3.63, 3.8) is 0 Å². The number of primary amides is 1. The Morgan fingerprint density at radius 1 is 1.29 bits per heavy atom. The first-order valence-electron chi connectivity index (χ1n) is 8.82. The van der Waals surface area contributed by atoms with Gasteiger partial charge in [0.25, 0.3) is 5.91 Å². The molecule has 1 aromatic carbocycles. The van der Waals surface area contributed by atoms with Gasteiger partial charge in [-0.3, -0.25) is 4.79 Å². The van der Waals surface area contributed by atoms with Crippen molar-refractivity contribution in [2.75, 3.05) is 0 Å². The number of carbonyl (C=O) groups is 1. The normalized spacial score (nSPS) is 11.2. The van der Waals surface area contributed by atoms with Gasteiger partial charge in [0.1, 0.15) is 17.1 Å². The highest BCUT2D eigenvalue weighted by molar-refractivity contribution is 6.07. The summed E-state index contributed by atoms with van der Waals surface area (Å²) in [5.74, 6) is -0.0340. The second-order valence-corrected chi connectivity index (χ2v) is 6.60. The van der Waals surface area contributed by atoms with E-state index in [1.54, 1.807) is 12.1 Å². The zero-order valence-electron chi connectivity index (χ0n) is 15.7. The zero-order chi connectivity index (χ0) is 20.0. The quantitative estimate of drug-likeness (QED) is 0.563. The molecule has 0 unspecified atom stereocenters. The van der Waals surface area contributed by atoms with Gasteiger partial charge in [0, 0.05) is 18.1 Å². The molecule has 0 aliphatic rings. The molecular formula is C20H19N5O3. The van der Waals surface area contributed by atoms with Crippen LogP contribution in [0.2, 0.25) is 0 Å². The lowest BCUT2D eigenvalue weighted by Crippen LogP contribution is -2.14. The maximum absolute atomic E-state index is 12.0. The van der Waals surface area contributed by atoms with E-state index in [0.717, 1.165) is 27.6 Å². The van der Waals surface area contributed by atoms with E-state index < -0.39 is 5.91 Å². The van der Waals surface area contributed by atoms with Crippen molar-refractivity contribution < 1.29 is 14.4 Å². The number of aromatic nitrogens is 4. The summed E-state index contributed by atoms with van der Waals surface area (Å²) < 4.78 is 6.84. The molecule has 142 valence electrons. The van der Waals surface area contributed by atoms with Crippen LogP contribution in [0.25, 0.3) is 33.5 Å².